The van der Waals surface area contributed by atoms with Gasteiger partial charge < -0.3 is 0 Å². The summed E-state index contributed by atoms with van der Waals surface area (Å²) in [5.74, 6) is 0. The molecule has 0 aliphatic heterocycles. The van der Waals surface area contributed by atoms with E-state index in [0.717, 1.165) is 0 Å². The molecule has 0 nitrogen and oxygen atoms in total. The molecule has 0 saturated carbocycles. The highest BCUT2D eigenvalue weighted by atomic mass is 14.0. The van der Waals surface area contributed by atoms with Crippen molar-refractivity contribution >= 4 is 0 Å². The Morgan fingerprint density at radius 3 is 2.89 bits per heavy atom. The SMILES string of the molecule is C/C=C\C1=CCCCC1. The quantitative estimate of drug-likeness (QED) is 0.501. The largest absolute Gasteiger partial charge is 0.0874 e. The highest BCUT2D eigenvalue weighted by Crippen LogP contribution is 2.17. The van der Waals surface area contributed by atoms with Gasteiger partial charge in [0.25, 0.3) is 0 Å². The summed E-state index contributed by atoms with van der Waals surface area (Å²) in [6.07, 6.45) is 12.1. The van der Waals surface area contributed by atoms with E-state index >= 15 is 0 Å². The lowest BCUT2D eigenvalue weighted by atomic mass is 9.99. The normalized spacial score (nSPS) is 20.3. The summed E-state index contributed by atoms with van der Waals surface area (Å²) < 4.78 is 0. The summed E-state index contributed by atoms with van der Waals surface area (Å²) in [5, 5.41) is 0. The van der Waals surface area contributed by atoms with Crippen LogP contribution in [0.2, 0.25) is 0 Å². The molecule has 0 N–H and O–H groups in total. The van der Waals surface area contributed by atoms with E-state index in [2.05, 4.69) is 25.2 Å². The highest BCUT2D eigenvalue weighted by Gasteiger charge is 1.97. The molecule has 0 radical (unpaired) electrons. The Hall–Kier alpha value is -0.520. The van der Waals surface area contributed by atoms with Crippen LogP contribution in [-0.2, 0) is 0 Å². The number of rotatable bonds is 1. The maximum atomic E-state index is 2.35. The summed E-state index contributed by atoms with van der Waals surface area (Å²) in [5.41, 5.74) is 1.53. The fourth-order valence-electron chi connectivity index (χ4n) is 1.23. The first kappa shape index (κ1) is 6.60. The lowest BCUT2D eigenvalue weighted by Gasteiger charge is -2.07. The van der Waals surface area contributed by atoms with Gasteiger partial charge in [-0.3, -0.25) is 0 Å². The lowest BCUT2D eigenvalue weighted by Crippen LogP contribution is -1.87. The first-order valence-corrected chi connectivity index (χ1v) is 3.75. The lowest BCUT2D eigenvalue weighted by molar-refractivity contribution is 0.712. The topological polar surface area (TPSA) is 0 Å². The average Bonchev–Trinajstić information content (AvgIpc) is 1.91. The van der Waals surface area contributed by atoms with Crippen LogP contribution in [-0.4, -0.2) is 0 Å². The number of hydrogen-bond donors (Lipinski definition) is 0. The van der Waals surface area contributed by atoms with E-state index in [9.17, 15) is 0 Å². The predicted octanol–water partition coefficient (Wildman–Crippen LogP) is 3.06. The average molecular weight is 122 g/mol. The van der Waals surface area contributed by atoms with Gasteiger partial charge in [0.05, 0.1) is 0 Å². The number of hydrogen-bond acceptors (Lipinski definition) is 0. The van der Waals surface area contributed by atoms with Crippen molar-refractivity contribution in [1.29, 1.82) is 0 Å². The third-order valence-electron chi connectivity index (χ3n) is 1.71. The highest BCUT2D eigenvalue weighted by molar-refractivity contribution is 5.19. The zero-order chi connectivity index (χ0) is 6.53. The Morgan fingerprint density at radius 1 is 1.44 bits per heavy atom. The fraction of sp³-hybridized carbons (Fsp3) is 0.556. The molecule has 0 unspecified atom stereocenters. The second-order valence-corrected chi connectivity index (χ2v) is 2.52. The van der Waals surface area contributed by atoms with Crippen LogP contribution in [0.5, 0.6) is 0 Å². The molecule has 1 rings (SSSR count). The molecule has 0 aromatic heterocycles. The Bertz CT molecular complexity index is 129. The van der Waals surface area contributed by atoms with Crippen molar-refractivity contribution in [2.45, 2.75) is 32.6 Å². The minimum absolute atomic E-state index is 1.29. The molecule has 0 fully saturated rings. The third kappa shape index (κ3) is 2.05. The minimum Gasteiger partial charge on any atom is -0.0874 e. The Morgan fingerprint density at radius 2 is 2.33 bits per heavy atom. The molecule has 50 valence electrons. The van der Waals surface area contributed by atoms with E-state index in [1.165, 1.54) is 31.3 Å². The molecule has 9 heavy (non-hydrogen) atoms. The van der Waals surface area contributed by atoms with Gasteiger partial charge in [-0.15, -0.1) is 0 Å². The van der Waals surface area contributed by atoms with Crippen LogP contribution in [0.4, 0.5) is 0 Å². The summed E-state index contributed by atoms with van der Waals surface area (Å²) in [7, 11) is 0. The third-order valence-corrected chi connectivity index (χ3v) is 1.71. The van der Waals surface area contributed by atoms with Crippen molar-refractivity contribution in [3.8, 4) is 0 Å². The van der Waals surface area contributed by atoms with Gasteiger partial charge in [-0.25, -0.2) is 0 Å². The van der Waals surface area contributed by atoms with E-state index in [1.54, 1.807) is 0 Å². The van der Waals surface area contributed by atoms with Gasteiger partial charge in [-0.2, -0.15) is 0 Å². The summed E-state index contributed by atoms with van der Waals surface area (Å²) >= 11 is 0. The summed E-state index contributed by atoms with van der Waals surface area (Å²) in [4.78, 5) is 0. The molecule has 0 aromatic carbocycles. The number of allylic oxidation sites excluding steroid dienone is 4. The van der Waals surface area contributed by atoms with Crippen LogP contribution in [0.3, 0.4) is 0 Å². The fourth-order valence-corrected chi connectivity index (χ4v) is 1.23. The molecule has 0 atom stereocenters. The van der Waals surface area contributed by atoms with Crippen LogP contribution < -0.4 is 0 Å². The van der Waals surface area contributed by atoms with E-state index in [-0.39, 0.29) is 0 Å². The van der Waals surface area contributed by atoms with Gasteiger partial charge in [-0.1, -0.05) is 23.8 Å². The molecule has 0 spiro atoms. The van der Waals surface area contributed by atoms with E-state index in [1.807, 2.05) is 0 Å². The molecule has 0 heteroatoms. The van der Waals surface area contributed by atoms with Gasteiger partial charge in [0.15, 0.2) is 0 Å². The van der Waals surface area contributed by atoms with E-state index < -0.39 is 0 Å². The zero-order valence-electron chi connectivity index (χ0n) is 6.06. The van der Waals surface area contributed by atoms with Gasteiger partial charge in [0.1, 0.15) is 0 Å². The molecule has 1 aliphatic rings. The van der Waals surface area contributed by atoms with Crippen molar-refractivity contribution in [3.63, 3.8) is 0 Å². The van der Waals surface area contributed by atoms with Gasteiger partial charge in [-0.05, 0) is 32.6 Å². The smallest absolute Gasteiger partial charge is 0.0282 e. The molecular weight excluding hydrogens is 108 g/mol. The second kappa shape index (κ2) is 3.49. The second-order valence-electron chi connectivity index (χ2n) is 2.52. The van der Waals surface area contributed by atoms with Crippen LogP contribution in [0, 0.1) is 0 Å². The standard InChI is InChI=1S/C9H14/c1-2-6-9-7-4-3-5-8-9/h2,6-7H,3-5,8H2,1H3/b6-2-. The van der Waals surface area contributed by atoms with Crippen LogP contribution in [0.1, 0.15) is 32.6 Å². The Balaban J connectivity index is 2.46. The molecule has 0 heterocycles. The van der Waals surface area contributed by atoms with Gasteiger partial charge in [0.2, 0.25) is 0 Å². The van der Waals surface area contributed by atoms with Crippen LogP contribution in [0.25, 0.3) is 0 Å². The Labute approximate surface area is 57.3 Å². The monoisotopic (exact) mass is 122 g/mol. The first-order valence-electron chi connectivity index (χ1n) is 3.75. The van der Waals surface area contributed by atoms with Crippen LogP contribution >= 0.6 is 0 Å². The summed E-state index contributed by atoms with van der Waals surface area (Å²) in [6.45, 7) is 2.08. The molecule has 0 amide bonds. The van der Waals surface area contributed by atoms with Crippen molar-refractivity contribution in [1.82, 2.24) is 0 Å². The van der Waals surface area contributed by atoms with Crippen molar-refractivity contribution in [3.05, 3.63) is 23.8 Å². The first-order chi connectivity index (χ1) is 4.43. The van der Waals surface area contributed by atoms with Gasteiger partial charge >= 0.3 is 0 Å². The zero-order valence-corrected chi connectivity index (χ0v) is 6.06. The van der Waals surface area contributed by atoms with Crippen molar-refractivity contribution in [2.75, 3.05) is 0 Å². The molecule has 1 aliphatic carbocycles. The van der Waals surface area contributed by atoms with E-state index in [0.29, 0.717) is 0 Å². The van der Waals surface area contributed by atoms with E-state index in [4.69, 9.17) is 0 Å². The Kier molecular flexibility index (Phi) is 2.56. The molecule has 0 saturated heterocycles. The van der Waals surface area contributed by atoms with Crippen molar-refractivity contribution < 1.29 is 0 Å². The molecule has 0 aromatic rings. The van der Waals surface area contributed by atoms with Crippen LogP contribution in [0.15, 0.2) is 23.8 Å². The minimum atomic E-state index is 1.29. The van der Waals surface area contributed by atoms with Crippen molar-refractivity contribution in [2.24, 2.45) is 0 Å². The summed E-state index contributed by atoms with van der Waals surface area (Å²) in [6, 6.07) is 0. The molecular formula is C9H14. The van der Waals surface area contributed by atoms with Gasteiger partial charge in [0, 0.05) is 0 Å². The maximum Gasteiger partial charge on any atom is -0.0282 e. The predicted molar refractivity (Wildman–Crippen MR) is 41.4 cm³/mol. The maximum absolute atomic E-state index is 2.35. The molecule has 0 bridgehead atoms.